The molecule has 0 radical (unpaired) electrons. The largest absolute Gasteiger partial charge is 0.383 e. The van der Waals surface area contributed by atoms with E-state index in [2.05, 4.69) is 11.9 Å². The van der Waals surface area contributed by atoms with Gasteiger partial charge in [0.05, 0.1) is 13.2 Å². The Kier molecular flexibility index (Phi) is 12.1. The molecule has 0 unspecified atom stereocenters. The van der Waals surface area contributed by atoms with E-state index in [-0.39, 0.29) is 7.43 Å². The zero-order chi connectivity index (χ0) is 7.82. The summed E-state index contributed by atoms with van der Waals surface area (Å²) in [5.74, 6) is 0. The molecule has 0 fully saturated rings. The molecule has 0 N–H and O–H groups in total. The van der Waals surface area contributed by atoms with Crippen LogP contribution in [0.3, 0.4) is 0 Å². The summed E-state index contributed by atoms with van der Waals surface area (Å²) >= 11 is 0. The van der Waals surface area contributed by atoms with Crippen LogP contribution >= 0.6 is 0 Å². The molecule has 0 aromatic rings. The second-order valence-corrected chi connectivity index (χ2v) is 2.29. The molecule has 0 aromatic carbocycles. The minimum absolute atomic E-state index is 0. The molecule has 11 heavy (non-hydrogen) atoms. The van der Waals surface area contributed by atoms with Gasteiger partial charge in [0.2, 0.25) is 0 Å². The third-order valence-corrected chi connectivity index (χ3v) is 1.35. The number of nitrogens with zero attached hydrogens (tertiary/aromatic N) is 1. The van der Waals surface area contributed by atoms with Crippen LogP contribution < -0.4 is 0 Å². The van der Waals surface area contributed by atoms with Crippen LogP contribution in [0.5, 0.6) is 0 Å². The molecule has 0 bridgehead atoms. The second kappa shape index (κ2) is 9.88. The van der Waals surface area contributed by atoms with Crippen molar-refractivity contribution in [2.24, 2.45) is 0 Å². The zero-order valence-electron chi connectivity index (χ0n) is 7.09. The van der Waals surface area contributed by atoms with E-state index in [0.29, 0.717) is 0 Å². The molecule has 70 valence electrons. The number of ether oxygens (including phenoxy) is 2. The monoisotopic (exact) mass is 163 g/mol. The fraction of sp³-hybridized carbons (Fsp3) is 1.00. The number of methoxy groups -OCH3 is 2. The molecule has 0 amide bonds. The first-order chi connectivity index (χ1) is 4.81. The maximum Gasteiger partial charge on any atom is 0.0589 e. The summed E-state index contributed by atoms with van der Waals surface area (Å²) in [4.78, 5) is 2.17. The van der Waals surface area contributed by atoms with Crippen LogP contribution in [0.2, 0.25) is 0 Å². The van der Waals surface area contributed by atoms with E-state index in [1.54, 1.807) is 14.2 Å². The lowest BCUT2D eigenvalue weighted by Crippen LogP contribution is -2.26. The van der Waals surface area contributed by atoms with Crippen LogP contribution in [0.1, 0.15) is 7.43 Å². The van der Waals surface area contributed by atoms with E-state index in [9.17, 15) is 0 Å². The van der Waals surface area contributed by atoms with E-state index in [4.69, 9.17) is 9.47 Å². The van der Waals surface area contributed by atoms with Crippen LogP contribution in [-0.4, -0.2) is 52.5 Å². The van der Waals surface area contributed by atoms with Crippen molar-refractivity contribution in [3.63, 3.8) is 0 Å². The smallest absolute Gasteiger partial charge is 0.0589 e. The summed E-state index contributed by atoms with van der Waals surface area (Å²) in [6.07, 6.45) is 0. The van der Waals surface area contributed by atoms with Gasteiger partial charge in [-0.25, -0.2) is 0 Å². The van der Waals surface area contributed by atoms with Crippen LogP contribution in [0.15, 0.2) is 0 Å². The van der Waals surface area contributed by atoms with E-state index in [1.807, 2.05) is 0 Å². The quantitative estimate of drug-likeness (QED) is 0.579. The highest BCUT2D eigenvalue weighted by Crippen LogP contribution is 1.81. The Morgan fingerprint density at radius 2 is 1.36 bits per heavy atom. The lowest BCUT2D eigenvalue weighted by atomic mass is 10.5. The van der Waals surface area contributed by atoms with Crippen LogP contribution in [0.25, 0.3) is 0 Å². The molecule has 3 nitrogen and oxygen atoms in total. The van der Waals surface area contributed by atoms with E-state index < -0.39 is 0 Å². The Morgan fingerprint density at radius 3 is 1.64 bits per heavy atom. The number of hydrogen-bond donors (Lipinski definition) is 0. The topological polar surface area (TPSA) is 21.7 Å². The first kappa shape index (κ1) is 13.5. The van der Waals surface area contributed by atoms with Crippen molar-refractivity contribution in [3.8, 4) is 0 Å². The highest BCUT2D eigenvalue weighted by Gasteiger charge is 1.94. The molecule has 0 aliphatic rings. The number of hydrogen-bond acceptors (Lipinski definition) is 3. The highest BCUT2D eigenvalue weighted by molar-refractivity contribution is 4.47. The zero-order valence-corrected chi connectivity index (χ0v) is 7.09. The van der Waals surface area contributed by atoms with E-state index in [0.717, 1.165) is 26.3 Å². The first-order valence-corrected chi connectivity index (χ1v) is 3.47. The molecule has 0 saturated heterocycles. The molecular formula is C8H21NO2. The lowest BCUT2D eigenvalue weighted by molar-refractivity contribution is 0.128. The van der Waals surface area contributed by atoms with E-state index in [1.165, 1.54) is 0 Å². The SMILES string of the molecule is C.COCCN(C)CCOC. The van der Waals surface area contributed by atoms with Crippen LogP contribution in [0, 0.1) is 0 Å². The normalized spacial score (nSPS) is 9.82. The first-order valence-electron chi connectivity index (χ1n) is 3.47. The third kappa shape index (κ3) is 9.88. The minimum atomic E-state index is 0. The summed E-state index contributed by atoms with van der Waals surface area (Å²) in [7, 11) is 5.48. The fourth-order valence-electron chi connectivity index (χ4n) is 0.606. The van der Waals surface area contributed by atoms with Gasteiger partial charge in [-0.15, -0.1) is 0 Å². The Labute approximate surface area is 70.3 Å². The highest BCUT2D eigenvalue weighted by atomic mass is 16.5. The van der Waals surface area contributed by atoms with Gasteiger partial charge < -0.3 is 14.4 Å². The Hall–Kier alpha value is -0.120. The molecule has 0 aliphatic carbocycles. The van der Waals surface area contributed by atoms with Crippen molar-refractivity contribution in [2.75, 3.05) is 47.6 Å². The molecule has 0 atom stereocenters. The lowest BCUT2D eigenvalue weighted by Gasteiger charge is -2.14. The van der Waals surface area contributed by atoms with Crippen molar-refractivity contribution >= 4 is 0 Å². The predicted octanol–water partition coefficient (Wildman–Crippen LogP) is 0.847. The number of rotatable bonds is 6. The van der Waals surface area contributed by atoms with Gasteiger partial charge in [0.1, 0.15) is 0 Å². The molecule has 0 saturated carbocycles. The summed E-state index contributed by atoms with van der Waals surface area (Å²) in [5.41, 5.74) is 0. The fourth-order valence-corrected chi connectivity index (χ4v) is 0.606. The van der Waals surface area contributed by atoms with Crippen molar-refractivity contribution in [1.29, 1.82) is 0 Å². The van der Waals surface area contributed by atoms with Gasteiger partial charge in [-0.05, 0) is 7.05 Å². The molecule has 0 heterocycles. The standard InChI is InChI=1S/C7H17NO2.CH4/c1-8(4-6-9-2)5-7-10-3;/h4-7H2,1-3H3;1H4. The molecule has 0 aliphatic heterocycles. The molecule has 0 aromatic heterocycles. The molecule has 3 heteroatoms. The average Bonchev–Trinajstić information content (AvgIpc) is 1.97. The predicted molar refractivity (Wildman–Crippen MR) is 48.0 cm³/mol. The summed E-state index contributed by atoms with van der Waals surface area (Å²) < 4.78 is 9.82. The average molecular weight is 163 g/mol. The van der Waals surface area contributed by atoms with Crippen molar-refractivity contribution in [2.45, 2.75) is 7.43 Å². The molecule has 0 rings (SSSR count). The van der Waals surface area contributed by atoms with Gasteiger partial charge >= 0.3 is 0 Å². The summed E-state index contributed by atoms with van der Waals surface area (Å²) in [6, 6.07) is 0. The summed E-state index contributed by atoms with van der Waals surface area (Å²) in [6.45, 7) is 3.53. The summed E-state index contributed by atoms with van der Waals surface area (Å²) in [5, 5.41) is 0. The van der Waals surface area contributed by atoms with Crippen molar-refractivity contribution < 1.29 is 9.47 Å². The van der Waals surface area contributed by atoms with Gasteiger partial charge in [0.15, 0.2) is 0 Å². The minimum Gasteiger partial charge on any atom is -0.383 e. The van der Waals surface area contributed by atoms with Crippen LogP contribution in [0.4, 0.5) is 0 Å². The Morgan fingerprint density at radius 1 is 1.00 bits per heavy atom. The number of likely N-dealkylation sites (N-methyl/N-ethyl adjacent to an activating group) is 1. The van der Waals surface area contributed by atoms with Crippen molar-refractivity contribution in [3.05, 3.63) is 0 Å². The Balaban J connectivity index is 0. The maximum atomic E-state index is 4.91. The van der Waals surface area contributed by atoms with Gasteiger partial charge in [-0.1, -0.05) is 7.43 Å². The van der Waals surface area contributed by atoms with Crippen LogP contribution in [-0.2, 0) is 9.47 Å². The van der Waals surface area contributed by atoms with Gasteiger partial charge in [0, 0.05) is 27.3 Å². The maximum absolute atomic E-state index is 4.91. The van der Waals surface area contributed by atoms with Gasteiger partial charge in [0.25, 0.3) is 0 Å². The van der Waals surface area contributed by atoms with Gasteiger partial charge in [-0.2, -0.15) is 0 Å². The molecular weight excluding hydrogens is 142 g/mol. The third-order valence-electron chi connectivity index (χ3n) is 1.35. The van der Waals surface area contributed by atoms with Crippen molar-refractivity contribution in [1.82, 2.24) is 4.90 Å². The van der Waals surface area contributed by atoms with Gasteiger partial charge in [-0.3, -0.25) is 0 Å². The Bertz CT molecular complexity index is 61.1. The molecule has 0 spiro atoms. The second-order valence-electron chi connectivity index (χ2n) is 2.29. The van der Waals surface area contributed by atoms with E-state index >= 15 is 0 Å².